The second kappa shape index (κ2) is 7.35. The number of benzene rings is 1. The minimum atomic E-state index is -1.19. The number of amides is 1. The van der Waals surface area contributed by atoms with E-state index < -0.39 is 11.9 Å². The van der Waals surface area contributed by atoms with Gasteiger partial charge < -0.3 is 14.7 Å². The van der Waals surface area contributed by atoms with Crippen molar-refractivity contribution in [2.75, 3.05) is 13.1 Å². The fourth-order valence-corrected chi connectivity index (χ4v) is 2.70. The molecule has 2 atom stereocenters. The number of hydrogen-bond donors (Lipinski definition) is 1. The van der Waals surface area contributed by atoms with E-state index in [0.29, 0.717) is 18.7 Å². The first-order valence-electron chi connectivity index (χ1n) is 7.79. The number of rotatable bonds is 4. The molecule has 6 nitrogen and oxygen atoms in total. The number of aromatic nitrogens is 2. The smallest absolute Gasteiger partial charge is 0.316 e. The molecule has 3 rings (SSSR count). The van der Waals surface area contributed by atoms with Crippen molar-refractivity contribution in [3.8, 4) is 6.01 Å². The molecule has 1 N–H and O–H groups in total. The number of carbonyl (C=O) groups excluding carboxylic acids is 1. The normalized spacial score (nSPS) is 18.9. The van der Waals surface area contributed by atoms with Crippen molar-refractivity contribution in [1.29, 1.82) is 0 Å². The van der Waals surface area contributed by atoms with E-state index in [1.54, 1.807) is 29.2 Å². The summed E-state index contributed by atoms with van der Waals surface area (Å²) in [5.74, 6) is -0.886. The molecule has 0 aliphatic carbocycles. The van der Waals surface area contributed by atoms with Gasteiger partial charge in [-0.15, -0.1) is 0 Å². The molecule has 7 heteroatoms. The minimum Gasteiger partial charge on any atom is -0.458 e. The van der Waals surface area contributed by atoms with Crippen LogP contribution in [0.4, 0.5) is 4.39 Å². The van der Waals surface area contributed by atoms with Gasteiger partial charge in [0.05, 0.1) is 18.9 Å². The van der Waals surface area contributed by atoms with Crippen molar-refractivity contribution in [1.82, 2.24) is 14.9 Å². The SMILES string of the molecule is O=C(C(O)c1ccccc1)N1CCCC(Oc2ncc(F)cn2)C1. The second-order valence-electron chi connectivity index (χ2n) is 5.66. The molecule has 1 aromatic carbocycles. The Bertz CT molecular complexity index is 681. The average molecular weight is 331 g/mol. The molecule has 24 heavy (non-hydrogen) atoms. The third-order valence-corrected chi connectivity index (χ3v) is 3.91. The van der Waals surface area contributed by atoms with Gasteiger partial charge >= 0.3 is 6.01 Å². The van der Waals surface area contributed by atoms with E-state index in [1.165, 1.54) is 0 Å². The largest absolute Gasteiger partial charge is 0.458 e. The third-order valence-electron chi connectivity index (χ3n) is 3.91. The number of aliphatic hydroxyl groups is 1. The zero-order chi connectivity index (χ0) is 16.9. The number of carbonyl (C=O) groups is 1. The Morgan fingerprint density at radius 3 is 2.71 bits per heavy atom. The van der Waals surface area contributed by atoms with Gasteiger partial charge in [0.15, 0.2) is 11.9 Å². The van der Waals surface area contributed by atoms with Crippen molar-refractivity contribution in [2.24, 2.45) is 0 Å². The summed E-state index contributed by atoms with van der Waals surface area (Å²) in [4.78, 5) is 21.6. The number of nitrogens with zero attached hydrogens (tertiary/aromatic N) is 3. The topological polar surface area (TPSA) is 75.5 Å². The Balaban J connectivity index is 1.62. The van der Waals surface area contributed by atoms with E-state index in [-0.39, 0.29) is 18.0 Å². The molecule has 1 fully saturated rings. The fourth-order valence-electron chi connectivity index (χ4n) is 2.70. The Morgan fingerprint density at radius 2 is 2.00 bits per heavy atom. The van der Waals surface area contributed by atoms with Crippen LogP contribution in [0.5, 0.6) is 6.01 Å². The molecule has 1 aromatic heterocycles. The molecule has 126 valence electrons. The van der Waals surface area contributed by atoms with Gasteiger partial charge in [0.25, 0.3) is 5.91 Å². The summed E-state index contributed by atoms with van der Waals surface area (Å²) in [7, 11) is 0. The predicted octanol–water partition coefficient (Wildman–Crippen LogP) is 1.72. The van der Waals surface area contributed by atoms with Crippen molar-refractivity contribution in [3.05, 3.63) is 54.1 Å². The standard InChI is InChI=1S/C17H18FN3O3/c18-13-9-19-17(20-10-13)24-14-7-4-8-21(11-14)16(23)15(22)12-5-2-1-3-6-12/h1-3,5-6,9-10,14-15,22H,4,7-8,11H2. The maximum absolute atomic E-state index is 12.8. The average Bonchev–Trinajstić information content (AvgIpc) is 2.63. The van der Waals surface area contributed by atoms with E-state index in [1.807, 2.05) is 6.07 Å². The summed E-state index contributed by atoms with van der Waals surface area (Å²) in [6, 6.07) is 8.90. The van der Waals surface area contributed by atoms with Crippen LogP contribution >= 0.6 is 0 Å². The summed E-state index contributed by atoms with van der Waals surface area (Å²) in [6.07, 6.45) is 2.09. The maximum Gasteiger partial charge on any atom is 0.316 e. The third kappa shape index (κ3) is 3.86. The van der Waals surface area contributed by atoms with Crippen LogP contribution in [0.15, 0.2) is 42.7 Å². The van der Waals surface area contributed by atoms with Crippen LogP contribution in [-0.4, -0.2) is 45.1 Å². The van der Waals surface area contributed by atoms with E-state index in [4.69, 9.17) is 4.74 Å². The van der Waals surface area contributed by atoms with Gasteiger partial charge in [-0.3, -0.25) is 4.79 Å². The lowest BCUT2D eigenvalue weighted by Gasteiger charge is -2.33. The first kappa shape index (κ1) is 16.3. The Kier molecular flexibility index (Phi) is 5.00. The Hall–Kier alpha value is -2.54. The van der Waals surface area contributed by atoms with Crippen LogP contribution in [0.1, 0.15) is 24.5 Å². The van der Waals surface area contributed by atoms with Gasteiger partial charge in [-0.1, -0.05) is 30.3 Å². The molecule has 0 spiro atoms. The van der Waals surface area contributed by atoms with Crippen LogP contribution in [0.2, 0.25) is 0 Å². The summed E-state index contributed by atoms with van der Waals surface area (Å²) in [6.45, 7) is 0.899. The number of aliphatic hydroxyl groups excluding tert-OH is 1. The number of halogens is 1. The molecule has 2 unspecified atom stereocenters. The molecule has 2 aromatic rings. The van der Waals surface area contributed by atoms with Gasteiger partial charge in [0.2, 0.25) is 0 Å². The van der Waals surface area contributed by atoms with Gasteiger partial charge in [-0.25, -0.2) is 14.4 Å². The zero-order valence-corrected chi connectivity index (χ0v) is 13.0. The lowest BCUT2D eigenvalue weighted by atomic mass is 10.0. The first-order valence-corrected chi connectivity index (χ1v) is 7.79. The highest BCUT2D eigenvalue weighted by molar-refractivity contribution is 5.82. The van der Waals surface area contributed by atoms with Crippen LogP contribution in [0.3, 0.4) is 0 Å². The highest BCUT2D eigenvalue weighted by Crippen LogP contribution is 2.20. The van der Waals surface area contributed by atoms with Crippen LogP contribution < -0.4 is 4.74 Å². The summed E-state index contributed by atoms with van der Waals surface area (Å²) in [5, 5.41) is 10.2. The van der Waals surface area contributed by atoms with Gasteiger partial charge in [0.1, 0.15) is 6.10 Å². The molecular weight excluding hydrogens is 313 g/mol. The summed E-state index contributed by atoms with van der Waals surface area (Å²) in [5.41, 5.74) is 0.562. The fraction of sp³-hybridized carbons (Fsp3) is 0.353. The predicted molar refractivity (Wildman–Crippen MR) is 83.6 cm³/mol. The molecule has 1 amide bonds. The highest BCUT2D eigenvalue weighted by atomic mass is 19.1. The van der Waals surface area contributed by atoms with Crippen molar-refractivity contribution >= 4 is 5.91 Å². The summed E-state index contributed by atoms with van der Waals surface area (Å²) < 4.78 is 18.4. The van der Waals surface area contributed by atoms with Crippen LogP contribution in [0.25, 0.3) is 0 Å². The molecule has 2 heterocycles. The lowest BCUT2D eigenvalue weighted by Crippen LogP contribution is -2.46. The molecule has 0 bridgehead atoms. The zero-order valence-electron chi connectivity index (χ0n) is 13.0. The van der Waals surface area contributed by atoms with Crippen molar-refractivity contribution in [2.45, 2.75) is 25.0 Å². The quantitative estimate of drug-likeness (QED) is 0.923. The second-order valence-corrected chi connectivity index (χ2v) is 5.66. The Labute approximate surface area is 138 Å². The van der Waals surface area contributed by atoms with Gasteiger partial charge in [-0.2, -0.15) is 0 Å². The van der Waals surface area contributed by atoms with E-state index in [0.717, 1.165) is 25.2 Å². The number of likely N-dealkylation sites (tertiary alicyclic amines) is 1. The van der Waals surface area contributed by atoms with E-state index in [2.05, 4.69) is 9.97 Å². The number of hydrogen-bond acceptors (Lipinski definition) is 5. The number of piperidine rings is 1. The van der Waals surface area contributed by atoms with Crippen LogP contribution in [0, 0.1) is 5.82 Å². The van der Waals surface area contributed by atoms with Crippen molar-refractivity contribution in [3.63, 3.8) is 0 Å². The van der Waals surface area contributed by atoms with Gasteiger partial charge in [0, 0.05) is 6.54 Å². The molecule has 0 saturated carbocycles. The maximum atomic E-state index is 12.8. The molecule has 0 radical (unpaired) electrons. The van der Waals surface area contributed by atoms with Gasteiger partial charge in [-0.05, 0) is 18.4 Å². The van der Waals surface area contributed by atoms with Crippen LogP contribution in [-0.2, 0) is 4.79 Å². The first-order chi connectivity index (χ1) is 11.6. The lowest BCUT2D eigenvalue weighted by molar-refractivity contribution is -0.143. The minimum absolute atomic E-state index is 0.0827. The molecular formula is C17H18FN3O3. The Morgan fingerprint density at radius 1 is 1.29 bits per heavy atom. The monoisotopic (exact) mass is 331 g/mol. The van der Waals surface area contributed by atoms with Crippen molar-refractivity contribution < 1.29 is 19.0 Å². The summed E-state index contributed by atoms with van der Waals surface area (Å²) >= 11 is 0. The molecule has 1 aliphatic rings. The van der Waals surface area contributed by atoms with E-state index in [9.17, 15) is 14.3 Å². The number of ether oxygens (including phenoxy) is 1. The van der Waals surface area contributed by atoms with E-state index >= 15 is 0 Å². The molecule has 1 aliphatic heterocycles. The molecule has 1 saturated heterocycles. The highest BCUT2D eigenvalue weighted by Gasteiger charge is 2.29.